The van der Waals surface area contributed by atoms with Crippen LogP contribution in [0.2, 0.25) is 0 Å². The molecule has 0 unspecified atom stereocenters. The summed E-state index contributed by atoms with van der Waals surface area (Å²) in [5, 5.41) is 8.84. The van der Waals surface area contributed by atoms with E-state index in [9.17, 15) is 4.79 Å². The lowest BCUT2D eigenvalue weighted by Crippen LogP contribution is -2.08. The van der Waals surface area contributed by atoms with Gasteiger partial charge in [-0.15, -0.1) is 0 Å². The monoisotopic (exact) mass is 206 g/mol. The van der Waals surface area contributed by atoms with E-state index in [0.717, 1.165) is 0 Å². The highest BCUT2D eigenvalue weighted by atomic mass is 16.5. The first-order valence-electron chi connectivity index (χ1n) is 4.70. The molecule has 0 spiro atoms. The summed E-state index contributed by atoms with van der Waals surface area (Å²) in [4.78, 5) is 10.8. The molecular formula is C12H14O3. The Balaban J connectivity index is 3.06. The Morgan fingerprint density at radius 1 is 1.40 bits per heavy atom. The topological polar surface area (TPSA) is 46.5 Å². The van der Waals surface area contributed by atoms with Gasteiger partial charge >= 0.3 is 5.97 Å². The molecule has 15 heavy (non-hydrogen) atoms. The van der Waals surface area contributed by atoms with Gasteiger partial charge in [0.05, 0.1) is 11.7 Å². The van der Waals surface area contributed by atoms with Crippen LogP contribution >= 0.6 is 0 Å². The van der Waals surface area contributed by atoms with Gasteiger partial charge < -0.3 is 9.84 Å². The number of rotatable bonds is 4. The first-order chi connectivity index (χ1) is 7.02. The second-order valence-electron chi connectivity index (χ2n) is 3.45. The smallest absolute Gasteiger partial charge is 0.335 e. The van der Waals surface area contributed by atoms with Crippen LogP contribution in [-0.2, 0) is 4.79 Å². The Morgan fingerprint density at radius 3 is 2.53 bits per heavy atom. The summed E-state index contributed by atoms with van der Waals surface area (Å²) in [5.74, 6) is -0.477. The van der Waals surface area contributed by atoms with E-state index in [1.54, 1.807) is 24.3 Å². The molecule has 1 rings (SSSR count). The number of ether oxygens (including phenoxy) is 1. The second kappa shape index (κ2) is 4.64. The highest BCUT2D eigenvalue weighted by Crippen LogP contribution is 2.25. The van der Waals surface area contributed by atoms with Gasteiger partial charge in [0, 0.05) is 5.56 Å². The Morgan fingerprint density at radius 2 is 2.00 bits per heavy atom. The molecule has 1 aromatic carbocycles. The first-order valence-corrected chi connectivity index (χ1v) is 4.70. The van der Waals surface area contributed by atoms with Crippen molar-refractivity contribution in [3.63, 3.8) is 0 Å². The molecule has 0 aromatic heterocycles. The predicted octanol–water partition coefficient (Wildman–Crippen LogP) is 2.57. The molecule has 0 bridgehead atoms. The van der Waals surface area contributed by atoms with Crippen molar-refractivity contribution in [1.29, 1.82) is 0 Å². The molecule has 0 heterocycles. The number of hydrogen-bond acceptors (Lipinski definition) is 2. The third kappa shape index (κ3) is 2.84. The van der Waals surface area contributed by atoms with E-state index in [-0.39, 0.29) is 11.7 Å². The third-order valence-electron chi connectivity index (χ3n) is 1.83. The van der Waals surface area contributed by atoms with E-state index in [1.165, 1.54) is 0 Å². The van der Waals surface area contributed by atoms with Gasteiger partial charge in [0.2, 0.25) is 0 Å². The average molecular weight is 206 g/mol. The predicted molar refractivity (Wildman–Crippen MR) is 58.9 cm³/mol. The highest BCUT2D eigenvalue weighted by molar-refractivity contribution is 6.15. The maximum Gasteiger partial charge on any atom is 0.335 e. The van der Waals surface area contributed by atoms with Crippen LogP contribution in [0.5, 0.6) is 5.75 Å². The summed E-state index contributed by atoms with van der Waals surface area (Å²) >= 11 is 0. The minimum absolute atomic E-state index is 0.00717. The lowest BCUT2D eigenvalue weighted by molar-refractivity contribution is -0.130. The molecule has 3 nitrogen and oxygen atoms in total. The number of benzene rings is 1. The van der Waals surface area contributed by atoms with Gasteiger partial charge in [0.25, 0.3) is 0 Å². The first kappa shape index (κ1) is 11.3. The summed E-state index contributed by atoms with van der Waals surface area (Å²) in [6, 6.07) is 6.99. The van der Waals surface area contributed by atoms with Crippen molar-refractivity contribution in [2.75, 3.05) is 0 Å². The van der Waals surface area contributed by atoms with Gasteiger partial charge in [-0.05, 0) is 19.9 Å². The minimum atomic E-state index is -1.03. The Hall–Kier alpha value is -1.77. The maximum absolute atomic E-state index is 10.8. The number of carbonyl (C=O) groups is 1. The molecule has 0 atom stereocenters. The second-order valence-corrected chi connectivity index (χ2v) is 3.45. The average Bonchev–Trinajstić information content (AvgIpc) is 2.16. The zero-order chi connectivity index (χ0) is 11.4. The van der Waals surface area contributed by atoms with Crippen LogP contribution in [0.3, 0.4) is 0 Å². The number of para-hydroxylation sites is 1. The van der Waals surface area contributed by atoms with Crippen LogP contribution in [0.25, 0.3) is 5.57 Å². The quantitative estimate of drug-likeness (QED) is 0.770. The SMILES string of the molecule is C=C(C(=O)O)c1ccccc1OC(C)C. The fraction of sp³-hybridized carbons (Fsp3) is 0.250. The van der Waals surface area contributed by atoms with E-state index in [2.05, 4.69) is 6.58 Å². The Bertz CT molecular complexity index is 380. The van der Waals surface area contributed by atoms with Gasteiger partial charge in [0.15, 0.2) is 0 Å². The van der Waals surface area contributed by atoms with E-state index < -0.39 is 5.97 Å². The van der Waals surface area contributed by atoms with Gasteiger partial charge in [-0.25, -0.2) is 4.79 Å². The molecule has 1 N–H and O–H groups in total. The third-order valence-corrected chi connectivity index (χ3v) is 1.83. The van der Waals surface area contributed by atoms with Crippen molar-refractivity contribution in [2.24, 2.45) is 0 Å². The fourth-order valence-electron chi connectivity index (χ4n) is 1.19. The van der Waals surface area contributed by atoms with Crippen LogP contribution < -0.4 is 4.74 Å². The van der Waals surface area contributed by atoms with Gasteiger partial charge in [0.1, 0.15) is 5.75 Å². The molecule has 0 aliphatic rings. The molecule has 3 heteroatoms. The molecule has 0 saturated carbocycles. The van der Waals surface area contributed by atoms with E-state index >= 15 is 0 Å². The molecule has 0 radical (unpaired) electrons. The van der Waals surface area contributed by atoms with Crippen LogP contribution in [0.4, 0.5) is 0 Å². The number of hydrogen-bond donors (Lipinski definition) is 1. The van der Waals surface area contributed by atoms with Gasteiger partial charge in [-0.2, -0.15) is 0 Å². The number of carboxylic acid groups (broad SMARTS) is 1. The van der Waals surface area contributed by atoms with Gasteiger partial charge in [-0.1, -0.05) is 24.8 Å². The number of aliphatic carboxylic acids is 1. The Labute approximate surface area is 89.0 Å². The van der Waals surface area contributed by atoms with Crippen molar-refractivity contribution in [2.45, 2.75) is 20.0 Å². The highest BCUT2D eigenvalue weighted by Gasteiger charge is 2.12. The molecular weight excluding hydrogens is 192 g/mol. The lowest BCUT2D eigenvalue weighted by Gasteiger charge is -2.13. The fourth-order valence-corrected chi connectivity index (χ4v) is 1.19. The minimum Gasteiger partial charge on any atom is -0.490 e. The van der Waals surface area contributed by atoms with E-state index in [0.29, 0.717) is 11.3 Å². The normalized spacial score (nSPS) is 10.1. The van der Waals surface area contributed by atoms with Crippen LogP contribution in [0.1, 0.15) is 19.4 Å². The van der Waals surface area contributed by atoms with Crippen molar-refractivity contribution in [1.82, 2.24) is 0 Å². The zero-order valence-electron chi connectivity index (χ0n) is 8.86. The summed E-state index contributed by atoms with van der Waals surface area (Å²) in [6.45, 7) is 7.29. The molecule has 0 aliphatic carbocycles. The zero-order valence-corrected chi connectivity index (χ0v) is 8.86. The Kier molecular flexibility index (Phi) is 3.50. The van der Waals surface area contributed by atoms with Crippen LogP contribution in [-0.4, -0.2) is 17.2 Å². The maximum atomic E-state index is 10.8. The van der Waals surface area contributed by atoms with Gasteiger partial charge in [-0.3, -0.25) is 0 Å². The summed E-state index contributed by atoms with van der Waals surface area (Å²) < 4.78 is 5.49. The van der Waals surface area contributed by atoms with Crippen LogP contribution in [0.15, 0.2) is 30.8 Å². The van der Waals surface area contributed by atoms with Crippen molar-refractivity contribution >= 4 is 11.5 Å². The molecule has 0 fully saturated rings. The lowest BCUT2D eigenvalue weighted by atomic mass is 10.1. The van der Waals surface area contributed by atoms with Crippen molar-refractivity contribution < 1.29 is 14.6 Å². The molecule has 0 saturated heterocycles. The molecule has 1 aromatic rings. The summed E-state index contributed by atoms with van der Waals surface area (Å²) in [5.41, 5.74) is 0.574. The largest absolute Gasteiger partial charge is 0.490 e. The van der Waals surface area contributed by atoms with E-state index in [1.807, 2.05) is 13.8 Å². The summed E-state index contributed by atoms with van der Waals surface area (Å²) in [6.07, 6.45) is 0.00717. The van der Waals surface area contributed by atoms with Crippen molar-refractivity contribution in [3.05, 3.63) is 36.4 Å². The van der Waals surface area contributed by atoms with Crippen LogP contribution in [0, 0.1) is 0 Å². The van der Waals surface area contributed by atoms with Crippen molar-refractivity contribution in [3.8, 4) is 5.75 Å². The molecule has 80 valence electrons. The summed E-state index contributed by atoms with van der Waals surface area (Å²) in [7, 11) is 0. The molecule has 0 aliphatic heterocycles. The number of carboxylic acids is 1. The van der Waals surface area contributed by atoms with E-state index in [4.69, 9.17) is 9.84 Å². The standard InChI is InChI=1S/C12H14O3/c1-8(2)15-11-7-5-4-6-10(11)9(3)12(13)14/h4-8H,3H2,1-2H3,(H,13,14). The molecule has 0 amide bonds.